The van der Waals surface area contributed by atoms with E-state index in [0.717, 1.165) is 10.9 Å². The summed E-state index contributed by atoms with van der Waals surface area (Å²) in [7, 11) is 0. The number of esters is 1. The normalized spacial score (nSPS) is 10.5. The molecule has 0 saturated carbocycles. The summed E-state index contributed by atoms with van der Waals surface area (Å²) in [4.78, 5) is 28.4. The Morgan fingerprint density at radius 1 is 1.20 bits per heavy atom. The molecule has 5 heteroatoms. The van der Waals surface area contributed by atoms with E-state index in [9.17, 15) is 9.59 Å². The highest BCUT2D eigenvalue weighted by molar-refractivity contribution is 6.04. The van der Waals surface area contributed by atoms with Crippen LogP contribution in [0, 0.1) is 0 Å². The number of para-hydroxylation sites is 1. The van der Waals surface area contributed by atoms with Gasteiger partial charge in [-0.05, 0) is 19.9 Å². The number of aromatic amines is 1. The second-order valence-electron chi connectivity index (χ2n) is 4.39. The van der Waals surface area contributed by atoms with Gasteiger partial charge in [-0.25, -0.2) is 4.79 Å². The minimum absolute atomic E-state index is 0.178. The van der Waals surface area contributed by atoms with Gasteiger partial charge >= 0.3 is 5.97 Å². The summed E-state index contributed by atoms with van der Waals surface area (Å²) < 4.78 is 5.09. The molecule has 1 aromatic carbocycles. The zero-order chi connectivity index (χ0) is 14.5. The quantitative estimate of drug-likeness (QED) is 0.850. The molecule has 1 N–H and O–H groups in total. The van der Waals surface area contributed by atoms with E-state index >= 15 is 0 Å². The van der Waals surface area contributed by atoms with Crippen LogP contribution >= 0.6 is 0 Å². The van der Waals surface area contributed by atoms with Gasteiger partial charge in [0.05, 0.1) is 5.56 Å². The summed E-state index contributed by atoms with van der Waals surface area (Å²) in [6.45, 7) is 4.78. The van der Waals surface area contributed by atoms with Gasteiger partial charge in [-0.2, -0.15) is 0 Å². The molecule has 0 aliphatic rings. The third kappa shape index (κ3) is 2.82. The molecule has 5 nitrogen and oxygen atoms in total. The minimum Gasteiger partial charge on any atom is -0.452 e. The van der Waals surface area contributed by atoms with E-state index in [2.05, 4.69) is 4.98 Å². The summed E-state index contributed by atoms with van der Waals surface area (Å²) in [6.07, 6.45) is 1.61. The molecule has 0 aliphatic carbocycles. The van der Waals surface area contributed by atoms with Crippen LogP contribution < -0.4 is 0 Å². The lowest BCUT2D eigenvalue weighted by molar-refractivity contribution is -0.134. The van der Waals surface area contributed by atoms with Crippen LogP contribution in [0.3, 0.4) is 0 Å². The number of H-pyrrole nitrogens is 1. The first-order valence-corrected chi connectivity index (χ1v) is 6.68. The van der Waals surface area contributed by atoms with Gasteiger partial charge < -0.3 is 14.6 Å². The number of likely N-dealkylation sites (N-methyl/N-ethyl adjacent to an activating group) is 1. The molecule has 0 fully saturated rings. The van der Waals surface area contributed by atoms with Gasteiger partial charge in [0.15, 0.2) is 6.61 Å². The Bertz CT molecular complexity index is 614. The average molecular weight is 274 g/mol. The summed E-state index contributed by atoms with van der Waals surface area (Å²) in [5, 5.41) is 0.799. The average Bonchev–Trinajstić information content (AvgIpc) is 2.90. The molecule has 2 rings (SSSR count). The number of rotatable bonds is 5. The molecule has 0 bridgehead atoms. The van der Waals surface area contributed by atoms with Crippen molar-refractivity contribution in [1.82, 2.24) is 9.88 Å². The molecule has 0 spiro atoms. The van der Waals surface area contributed by atoms with Crippen molar-refractivity contribution in [2.24, 2.45) is 0 Å². The summed E-state index contributed by atoms with van der Waals surface area (Å²) >= 11 is 0. The second-order valence-corrected chi connectivity index (χ2v) is 4.39. The summed E-state index contributed by atoms with van der Waals surface area (Å²) in [6, 6.07) is 7.47. The number of ether oxygens (including phenoxy) is 1. The van der Waals surface area contributed by atoms with E-state index in [0.29, 0.717) is 18.7 Å². The van der Waals surface area contributed by atoms with E-state index in [1.54, 1.807) is 11.1 Å². The number of amides is 1. The number of benzene rings is 1. The molecule has 2 aromatic rings. The predicted octanol–water partition coefficient (Wildman–Crippen LogP) is 2.19. The van der Waals surface area contributed by atoms with Gasteiger partial charge in [0.25, 0.3) is 5.91 Å². The van der Waals surface area contributed by atoms with Crippen molar-refractivity contribution in [2.45, 2.75) is 13.8 Å². The van der Waals surface area contributed by atoms with Crippen LogP contribution in [0.1, 0.15) is 24.2 Å². The third-order valence-corrected chi connectivity index (χ3v) is 3.25. The molecule has 0 aliphatic heterocycles. The third-order valence-electron chi connectivity index (χ3n) is 3.25. The molecule has 20 heavy (non-hydrogen) atoms. The summed E-state index contributed by atoms with van der Waals surface area (Å²) in [5.74, 6) is -0.661. The molecule has 0 atom stereocenters. The maximum Gasteiger partial charge on any atom is 0.340 e. The lowest BCUT2D eigenvalue weighted by atomic mass is 10.2. The van der Waals surface area contributed by atoms with Crippen molar-refractivity contribution >= 4 is 22.8 Å². The Morgan fingerprint density at radius 2 is 1.90 bits per heavy atom. The summed E-state index contributed by atoms with van der Waals surface area (Å²) in [5.41, 5.74) is 1.32. The van der Waals surface area contributed by atoms with E-state index in [1.165, 1.54) is 0 Å². The fraction of sp³-hybridized carbons (Fsp3) is 0.333. The van der Waals surface area contributed by atoms with Crippen molar-refractivity contribution in [2.75, 3.05) is 19.7 Å². The number of hydrogen-bond acceptors (Lipinski definition) is 3. The first kappa shape index (κ1) is 14.1. The molecular weight excluding hydrogens is 256 g/mol. The minimum atomic E-state index is -0.483. The van der Waals surface area contributed by atoms with Crippen LogP contribution in [0.25, 0.3) is 10.9 Å². The molecule has 0 radical (unpaired) electrons. The number of fused-ring (bicyclic) bond motifs is 1. The highest BCUT2D eigenvalue weighted by atomic mass is 16.5. The Balaban J connectivity index is 2.04. The molecule has 1 aromatic heterocycles. The Morgan fingerprint density at radius 3 is 2.60 bits per heavy atom. The number of nitrogens with zero attached hydrogens (tertiary/aromatic N) is 1. The van der Waals surface area contributed by atoms with Crippen LogP contribution in [0.2, 0.25) is 0 Å². The van der Waals surface area contributed by atoms with Crippen LogP contribution in [-0.4, -0.2) is 41.5 Å². The number of carbonyl (C=O) groups excluding carboxylic acids is 2. The van der Waals surface area contributed by atoms with Crippen molar-refractivity contribution in [3.8, 4) is 0 Å². The molecule has 0 unspecified atom stereocenters. The van der Waals surface area contributed by atoms with Gasteiger partial charge in [0, 0.05) is 30.2 Å². The zero-order valence-corrected chi connectivity index (χ0v) is 11.7. The highest BCUT2D eigenvalue weighted by Crippen LogP contribution is 2.18. The van der Waals surface area contributed by atoms with E-state index in [4.69, 9.17) is 4.74 Å². The number of aromatic nitrogens is 1. The smallest absolute Gasteiger partial charge is 0.340 e. The van der Waals surface area contributed by atoms with Crippen LogP contribution in [-0.2, 0) is 9.53 Å². The molecule has 1 heterocycles. The highest BCUT2D eigenvalue weighted by Gasteiger charge is 2.16. The topological polar surface area (TPSA) is 62.4 Å². The first-order valence-electron chi connectivity index (χ1n) is 6.68. The molecule has 0 saturated heterocycles. The molecule has 1 amide bonds. The Kier molecular flexibility index (Phi) is 4.40. The molecule has 106 valence electrons. The van der Waals surface area contributed by atoms with Crippen molar-refractivity contribution in [1.29, 1.82) is 0 Å². The predicted molar refractivity (Wildman–Crippen MR) is 76.5 cm³/mol. The fourth-order valence-electron chi connectivity index (χ4n) is 2.11. The van der Waals surface area contributed by atoms with Gasteiger partial charge in [-0.1, -0.05) is 18.2 Å². The fourth-order valence-corrected chi connectivity index (χ4v) is 2.11. The van der Waals surface area contributed by atoms with Gasteiger partial charge in [-0.3, -0.25) is 4.79 Å². The number of nitrogens with one attached hydrogen (secondary N) is 1. The van der Waals surface area contributed by atoms with E-state index in [-0.39, 0.29) is 12.5 Å². The monoisotopic (exact) mass is 274 g/mol. The van der Waals surface area contributed by atoms with Crippen LogP contribution in [0.5, 0.6) is 0 Å². The second kappa shape index (κ2) is 6.23. The SMILES string of the molecule is CCN(CC)C(=O)COC(=O)c1c[nH]c2ccccc12. The number of carbonyl (C=O) groups is 2. The van der Waals surface area contributed by atoms with Crippen molar-refractivity contribution < 1.29 is 14.3 Å². The number of hydrogen-bond donors (Lipinski definition) is 1. The maximum atomic E-state index is 12.0. The van der Waals surface area contributed by atoms with Crippen LogP contribution in [0.4, 0.5) is 0 Å². The Hall–Kier alpha value is -2.30. The standard InChI is InChI=1S/C15H18N2O3/c1-3-17(4-2)14(18)10-20-15(19)12-9-16-13-8-6-5-7-11(12)13/h5-9,16H,3-4,10H2,1-2H3. The zero-order valence-electron chi connectivity index (χ0n) is 11.7. The van der Waals surface area contributed by atoms with Gasteiger partial charge in [-0.15, -0.1) is 0 Å². The lowest BCUT2D eigenvalue weighted by Crippen LogP contribution is -2.34. The molecular formula is C15H18N2O3. The van der Waals surface area contributed by atoms with Crippen molar-refractivity contribution in [3.63, 3.8) is 0 Å². The van der Waals surface area contributed by atoms with Gasteiger partial charge in [0.1, 0.15) is 0 Å². The van der Waals surface area contributed by atoms with Crippen molar-refractivity contribution in [3.05, 3.63) is 36.0 Å². The van der Waals surface area contributed by atoms with Gasteiger partial charge in [0.2, 0.25) is 0 Å². The maximum absolute atomic E-state index is 12.0. The Labute approximate surface area is 117 Å². The largest absolute Gasteiger partial charge is 0.452 e. The lowest BCUT2D eigenvalue weighted by Gasteiger charge is -2.18. The first-order chi connectivity index (χ1) is 9.67. The van der Waals surface area contributed by atoms with Crippen LogP contribution in [0.15, 0.2) is 30.5 Å². The van der Waals surface area contributed by atoms with E-state index < -0.39 is 5.97 Å². The van der Waals surface area contributed by atoms with E-state index in [1.807, 2.05) is 38.1 Å².